The highest BCUT2D eigenvalue weighted by molar-refractivity contribution is 5.93. The molecule has 1 N–H and O–H groups in total. The lowest BCUT2D eigenvalue weighted by Crippen LogP contribution is -2.28. The van der Waals surface area contributed by atoms with Gasteiger partial charge in [-0.2, -0.15) is 0 Å². The van der Waals surface area contributed by atoms with Crippen molar-refractivity contribution in [3.8, 4) is 0 Å². The summed E-state index contributed by atoms with van der Waals surface area (Å²) < 4.78 is 5.08. The highest BCUT2D eigenvalue weighted by Gasteiger charge is 2.37. The summed E-state index contributed by atoms with van der Waals surface area (Å²) in [4.78, 5) is 24.8. The smallest absolute Gasteiger partial charge is 0.371 e. The molecule has 0 radical (unpaired) electrons. The third-order valence-electron chi connectivity index (χ3n) is 4.29. The van der Waals surface area contributed by atoms with Gasteiger partial charge in [-0.15, -0.1) is 0 Å². The van der Waals surface area contributed by atoms with Crippen molar-refractivity contribution in [1.82, 2.24) is 4.90 Å². The van der Waals surface area contributed by atoms with Crippen LogP contribution < -0.4 is 0 Å². The molecule has 2 atom stereocenters. The first-order chi connectivity index (χ1) is 9.15. The van der Waals surface area contributed by atoms with Crippen LogP contribution in [-0.2, 0) is 0 Å². The molecular weight excluding hydrogens is 246 g/mol. The second-order valence-electron chi connectivity index (χ2n) is 5.48. The molecule has 0 aromatic carbocycles. The average molecular weight is 263 g/mol. The average Bonchev–Trinajstić information content (AvgIpc) is 3.04. The largest absolute Gasteiger partial charge is 0.475 e. The number of carbonyl (C=O) groups excluding carboxylic acids is 1. The first kappa shape index (κ1) is 12.3. The Morgan fingerprint density at radius 2 is 1.68 bits per heavy atom. The molecule has 1 amide bonds. The van der Waals surface area contributed by atoms with Crippen LogP contribution in [0.5, 0.6) is 0 Å². The van der Waals surface area contributed by atoms with E-state index in [1.807, 2.05) is 4.90 Å². The molecule has 102 valence electrons. The Kier molecular flexibility index (Phi) is 3.05. The van der Waals surface area contributed by atoms with E-state index in [1.54, 1.807) is 0 Å². The lowest BCUT2D eigenvalue weighted by atomic mass is 9.82. The summed E-state index contributed by atoms with van der Waals surface area (Å²) in [7, 11) is 0. The number of fused-ring (bicyclic) bond motifs is 1. The minimum atomic E-state index is -1.14. The number of carboxylic acids is 1. The maximum absolute atomic E-state index is 12.3. The van der Waals surface area contributed by atoms with E-state index in [4.69, 9.17) is 9.52 Å². The fourth-order valence-corrected chi connectivity index (χ4v) is 3.30. The quantitative estimate of drug-likeness (QED) is 0.888. The summed E-state index contributed by atoms with van der Waals surface area (Å²) in [6.07, 6.45) is 4.92. The van der Waals surface area contributed by atoms with Crippen molar-refractivity contribution < 1.29 is 19.1 Å². The molecule has 5 nitrogen and oxygen atoms in total. The van der Waals surface area contributed by atoms with Gasteiger partial charge in [0.1, 0.15) is 0 Å². The Hall–Kier alpha value is -1.78. The van der Waals surface area contributed by atoms with Crippen molar-refractivity contribution in [2.45, 2.75) is 25.7 Å². The normalized spacial score (nSPS) is 26.2. The number of likely N-dealkylation sites (tertiary alicyclic amines) is 1. The van der Waals surface area contributed by atoms with E-state index in [9.17, 15) is 9.59 Å². The van der Waals surface area contributed by atoms with Gasteiger partial charge in [0.15, 0.2) is 5.76 Å². The molecule has 2 fully saturated rings. The Morgan fingerprint density at radius 1 is 1.11 bits per heavy atom. The summed E-state index contributed by atoms with van der Waals surface area (Å²) in [6.45, 7) is 1.57. The molecule has 1 aromatic rings. The van der Waals surface area contributed by atoms with Crippen LogP contribution in [-0.4, -0.2) is 35.0 Å². The summed E-state index contributed by atoms with van der Waals surface area (Å²) >= 11 is 0. The van der Waals surface area contributed by atoms with Crippen LogP contribution >= 0.6 is 0 Å². The summed E-state index contributed by atoms with van der Waals surface area (Å²) in [5.41, 5.74) is 0. The van der Waals surface area contributed by atoms with Crippen LogP contribution in [0.4, 0.5) is 0 Å². The van der Waals surface area contributed by atoms with Gasteiger partial charge in [-0.25, -0.2) is 4.79 Å². The second kappa shape index (κ2) is 4.72. The van der Waals surface area contributed by atoms with Gasteiger partial charge in [-0.05, 0) is 36.8 Å². The van der Waals surface area contributed by atoms with Crippen LogP contribution in [0.1, 0.15) is 46.8 Å². The zero-order valence-electron chi connectivity index (χ0n) is 10.7. The van der Waals surface area contributed by atoms with E-state index in [0.717, 1.165) is 13.1 Å². The Morgan fingerprint density at radius 3 is 2.21 bits per heavy atom. The van der Waals surface area contributed by atoms with Gasteiger partial charge < -0.3 is 14.4 Å². The standard InChI is InChI=1S/C14H17NO4/c16-13(11-5-6-12(19-11)14(17)18)15-7-9-3-1-2-4-10(9)8-15/h5-6,9-10H,1-4,7-8H2,(H,17,18)/t9-,10+. The third-order valence-corrected chi connectivity index (χ3v) is 4.29. The Bertz CT molecular complexity index is 493. The second-order valence-corrected chi connectivity index (χ2v) is 5.48. The van der Waals surface area contributed by atoms with Crippen LogP contribution in [0, 0.1) is 11.8 Å². The van der Waals surface area contributed by atoms with Gasteiger partial charge >= 0.3 is 5.97 Å². The van der Waals surface area contributed by atoms with Gasteiger partial charge in [0.05, 0.1) is 0 Å². The number of hydrogen-bond donors (Lipinski definition) is 1. The van der Waals surface area contributed by atoms with Gasteiger partial charge in [0.25, 0.3) is 5.91 Å². The van der Waals surface area contributed by atoms with E-state index in [-0.39, 0.29) is 17.4 Å². The molecule has 1 aliphatic carbocycles. The summed E-state index contributed by atoms with van der Waals surface area (Å²) in [5, 5.41) is 8.80. The van der Waals surface area contributed by atoms with Gasteiger partial charge in [-0.3, -0.25) is 4.79 Å². The van der Waals surface area contributed by atoms with Gasteiger partial charge in [0, 0.05) is 13.1 Å². The Labute approximate surface area is 111 Å². The molecule has 1 aliphatic heterocycles. The molecule has 1 saturated carbocycles. The van der Waals surface area contributed by atoms with Crippen LogP contribution in [0.3, 0.4) is 0 Å². The molecule has 0 unspecified atom stereocenters. The van der Waals surface area contributed by atoms with Gasteiger partial charge in [-0.1, -0.05) is 12.8 Å². The zero-order chi connectivity index (χ0) is 13.4. The maximum atomic E-state index is 12.3. The van der Waals surface area contributed by atoms with Crippen LogP contribution in [0.15, 0.2) is 16.5 Å². The predicted octanol–water partition coefficient (Wildman–Crippen LogP) is 2.24. The number of nitrogens with zero attached hydrogens (tertiary/aromatic N) is 1. The minimum absolute atomic E-state index is 0.135. The first-order valence-corrected chi connectivity index (χ1v) is 6.77. The van der Waals surface area contributed by atoms with E-state index < -0.39 is 5.97 Å². The van der Waals surface area contributed by atoms with Gasteiger partial charge in [0.2, 0.25) is 5.76 Å². The van der Waals surface area contributed by atoms with Crippen molar-refractivity contribution in [2.24, 2.45) is 11.8 Å². The SMILES string of the molecule is O=C(O)c1ccc(C(=O)N2C[C@H]3CCCC[C@H]3C2)o1. The predicted molar refractivity (Wildman–Crippen MR) is 67.0 cm³/mol. The molecular formula is C14H17NO4. The topological polar surface area (TPSA) is 70.8 Å². The molecule has 0 spiro atoms. The molecule has 5 heteroatoms. The molecule has 1 aromatic heterocycles. The monoisotopic (exact) mass is 263 g/mol. The molecule has 2 heterocycles. The molecule has 3 rings (SSSR count). The van der Waals surface area contributed by atoms with Crippen molar-refractivity contribution >= 4 is 11.9 Å². The zero-order valence-corrected chi connectivity index (χ0v) is 10.7. The Balaban J connectivity index is 1.71. The lowest BCUT2D eigenvalue weighted by Gasteiger charge is -2.22. The number of amides is 1. The van der Waals surface area contributed by atoms with E-state index >= 15 is 0 Å². The fourth-order valence-electron chi connectivity index (χ4n) is 3.30. The molecule has 0 bridgehead atoms. The number of hydrogen-bond acceptors (Lipinski definition) is 3. The van der Waals surface area contributed by atoms with Crippen molar-refractivity contribution in [3.05, 3.63) is 23.7 Å². The van der Waals surface area contributed by atoms with Crippen LogP contribution in [0.25, 0.3) is 0 Å². The summed E-state index contributed by atoms with van der Waals surface area (Å²) in [5.74, 6) is -0.134. The summed E-state index contributed by atoms with van der Waals surface area (Å²) in [6, 6.07) is 2.78. The number of furan rings is 1. The highest BCUT2D eigenvalue weighted by atomic mass is 16.4. The van der Waals surface area contributed by atoms with Crippen molar-refractivity contribution in [3.63, 3.8) is 0 Å². The van der Waals surface area contributed by atoms with E-state index in [0.29, 0.717) is 11.8 Å². The number of carbonyl (C=O) groups is 2. The number of aromatic carboxylic acids is 1. The number of rotatable bonds is 2. The van der Waals surface area contributed by atoms with Crippen molar-refractivity contribution in [1.29, 1.82) is 0 Å². The third kappa shape index (κ3) is 2.25. The van der Waals surface area contributed by atoms with Crippen LogP contribution in [0.2, 0.25) is 0 Å². The molecule has 2 aliphatic rings. The molecule has 19 heavy (non-hydrogen) atoms. The fraction of sp³-hybridized carbons (Fsp3) is 0.571. The molecule has 1 saturated heterocycles. The van der Waals surface area contributed by atoms with E-state index in [2.05, 4.69) is 0 Å². The minimum Gasteiger partial charge on any atom is -0.475 e. The first-order valence-electron chi connectivity index (χ1n) is 6.77. The number of carboxylic acid groups (broad SMARTS) is 1. The maximum Gasteiger partial charge on any atom is 0.371 e. The van der Waals surface area contributed by atoms with Crippen molar-refractivity contribution in [2.75, 3.05) is 13.1 Å². The van der Waals surface area contributed by atoms with E-state index in [1.165, 1.54) is 37.8 Å². The highest BCUT2D eigenvalue weighted by Crippen LogP contribution is 2.36. The lowest BCUT2D eigenvalue weighted by molar-refractivity contribution is 0.0653.